The Morgan fingerprint density at radius 1 is 1.17 bits per heavy atom. The van der Waals surface area contributed by atoms with Crippen LogP contribution in [0.1, 0.15) is 22.4 Å². The van der Waals surface area contributed by atoms with Gasteiger partial charge >= 0.3 is 0 Å². The molecule has 90 valence electrons. The van der Waals surface area contributed by atoms with Gasteiger partial charge in [0, 0.05) is 17.1 Å². The Labute approximate surface area is 110 Å². The zero-order valence-electron chi connectivity index (χ0n) is 10.2. The number of aryl methyl sites for hydroxylation is 2. The summed E-state index contributed by atoms with van der Waals surface area (Å²) in [5.41, 5.74) is 7.71. The average molecular weight is 258 g/mol. The molecule has 0 spiro atoms. The lowest BCUT2D eigenvalue weighted by Gasteiger charge is -2.11. The molecule has 2 heterocycles. The number of hydrogen-bond donors (Lipinski definition) is 1. The van der Waals surface area contributed by atoms with Crippen molar-refractivity contribution in [1.82, 2.24) is 10.4 Å². The quantitative estimate of drug-likeness (QED) is 0.785. The SMILES string of the molecule is Cc1ccc(C)c2c(Cl)c3c(nc12)C=CNN=C3. The zero-order chi connectivity index (χ0) is 12.7. The molecule has 2 aromatic rings. The molecule has 1 aliphatic rings. The van der Waals surface area contributed by atoms with Gasteiger partial charge in [0.2, 0.25) is 0 Å². The van der Waals surface area contributed by atoms with E-state index in [0.29, 0.717) is 5.02 Å². The molecule has 3 rings (SSSR count). The maximum Gasteiger partial charge on any atom is 0.0756 e. The smallest absolute Gasteiger partial charge is 0.0756 e. The fourth-order valence-corrected chi connectivity index (χ4v) is 2.54. The minimum absolute atomic E-state index is 0.716. The molecule has 1 N–H and O–H groups in total. The number of fused-ring (bicyclic) bond motifs is 2. The highest BCUT2D eigenvalue weighted by Gasteiger charge is 2.14. The molecule has 1 aromatic heterocycles. The Bertz CT molecular complexity index is 702. The van der Waals surface area contributed by atoms with Crippen molar-refractivity contribution in [1.29, 1.82) is 0 Å². The van der Waals surface area contributed by atoms with Crippen molar-refractivity contribution < 1.29 is 0 Å². The summed E-state index contributed by atoms with van der Waals surface area (Å²) < 4.78 is 0. The van der Waals surface area contributed by atoms with E-state index < -0.39 is 0 Å². The van der Waals surface area contributed by atoms with Gasteiger partial charge in [-0.15, -0.1) is 0 Å². The number of pyridine rings is 1. The van der Waals surface area contributed by atoms with Crippen molar-refractivity contribution in [3.8, 4) is 0 Å². The van der Waals surface area contributed by atoms with Gasteiger partial charge in [-0.25, -0.2) is 4.98 Å². The van der Waals surface area contributed by atoms with Crippen LogP contribution in [0.4, 0.5) is 0 Å². The lowest BCUT2D eigenvalue weighted by atomic mass is 10.0. The highest BCUT2D eigenvalue weighted by Crippen LogP contribution is 2.32. The second-order valence-corrected chi connectivity index (χ2v) is 4.75. The molecule has 0 saturated carbocycles. The molecule has 3 nitrogen and oxygen atoms in total. The molecule has 0 amide bonds. The normalized spacial score (nSPS) is 13.3. The molecule has 1 aromatic carbocycles. The summed E-state index contributed by atoms with van der Waals surface area (Å²) in [7, 11) is 0. The van der Waals surface area contributed by atoms with E-state index in [4.69, 9.17) is 16.6 Å². The lowest BCUT2D eigenvalue weighted by molar-refractivity contribution is 0.985. The van der Waals surface area contributed by atoms with E-state index >= 15 is 0 Å². The van der Waals surface area contributed by atoms with Crippen molar-refractivity contribution >= 4 is 34.8 Å². The van der Waals surface area contributed by atoms with Gasteiger partial charge in [0.05, 0.1) is 22.4 Å². The number of rotatable bonds is 0. The topological polar surface area (TPSA) is 37.3 Å². The van der Waals surface area contributed by atoms with Crippen LogP contribution in [-0.2, 0) is 0 Å². The maximum absolute atomic E-state index is 6.52. The second-order valence-electron chi connectivity index (χ2n) is 4.37. The van der Waals surface area contributed by atoms with Crippen LogP contribution in [0.5, 0.6) is 0 Å². The Hall–Kier alpha value is -1.87. The first kappa shape index (κ1) is 11.2. The molecular formula is C14H12ClN3. The van der Waals surface area contributed by atoms with Crippen LogP contribution in [0.3, 0.4) is 0 Å². The van der Waals surface area contributed by atoms with Gasteiger partial charge in [-0.05, 0) is 31.1 Å². The summed E-state index contributed by atoms with van der Waals surface area (Å²) in [5, 5.41) is 5.77. The van der Waals surface area contributed by atoms with Crippen LogP contribution in [0.15, 0.2) is 23.4 Å². The summed E-state index contributed by atoms with van der Waals surface area (Å²) in [6.45, 7) is 4.09. The van der Waals surface area contributed by atoms with Crippen LogP contribution in [0.2, 0.25) is 5.02 Å². The van der Waals surface area contributed by atoms with Crippen LogP contribution >= 0.6 is 11.6 Å². The van der Waals surface area contributed by atoms with Crippen molar-refractivity contribution in [3.05, 3.63) is 45.7 Å². The minimum atomic E-state index is 0.716. The van der Waals surface area contributed by atoms with Crippen LogP contribution in [0.25, 0.3) is 17.0 Å². The molecule has 4 heteroatoms. The fourth-order valence-electron chi connectivity index (χ4n) is 2.16. The number of aromatic nitrogens is 1. The average Bonchev–Trinajstić information content (AvgIpc) is 2.59. The van der Waals surface area contributed by atoms with E-state index in [9.17, 15) is 0 Å². The van der Waals surface area contributed by atoms with Crippen molar-refractivity contribution in [2.45, 2.75) is 13.8 Å². The molecule has 0 saturated heterocycles. The highest BCUT2D eigenvalue weighted by molar-refractivity contribution is 6.38. The molecule has 0 fully saturated rings. The standard InChI is InChI=1S/C14H12ClN3/c1-8-3-4-9(2)14-12(8)13(15)10-7-17-16-6-5-11(10)18-14/h3-7,16H,1-2H3. The van der Waals surface area contributed by atoms with E-state index in [1.165, 1.54) is 0 Å². The predicted octanol–water partition coefficient (Wildman–Crippen LogP) is 3.41. The van der Waals surface area contributed by atoms with E-state index in [-0.39, 0.29) is 0 Å². The molecule has 0 bridgehead atoms. The predicted molar refractivity (Wildman–Crippen MR) is 76.0 cm³/mol. The lowest BCUT2D eigenvalue weighted by Crippen LogP contribution is -1.97. The summed E-state index contributed by atoms with van der Waals surface area (Å²) in [5.74, 6) is 0. The third-order valence-corrected chi connectivity index (χ3v) is 3.53. The fraction of sp³-hybridized carbons (Fsp3) is 0.143. The molecule has 0 unspecified atom stereocenters. The second kappa shape index (κ2) is 4.10. The van der Waals surface area contributed by atoms with Gasteiger partial charge in [0.15, 0.2) is 0 Å². The first-order valence-electron chi connectivity index (χ1n) is 5.73. The Morgan fingerprint density at radius 3 is 2.78 bits per heavy atom. The third-order valence-electron chi connectivity index (χ3n) is 3.14. The Kier molecular flexibility index (Phi) is 2.56. The summed E-state index contributed by atoms with van der Waals surface area (Å²) >= 11 is 6.52. The summed E-state index contributed by atoms with van der Waals surface area (Å²) in [6, 6.07) is 4.14. The monoisotopic (exact) mass is 257 g/mol. The van der Waals surface area contributed by atoms with E-state index in [0.717, 1.165) is 33.3 Å². The number of benzene rings is 1. The number of hydrogen-bond acceptors (Lipinski definition) is 3. The minimum Gasteiger partial charge on any atom is -0.286 e. The Balaban J connectivity index is 2.50. The van der Waals surface area contributed by atoms with Crippen molar-refractivity contribution in [2.24, 2.45) is 5.10 Å². The summed E-state index contributed by atoms with van der Waals surface area (Å²) in [6.07, 6.45) is 5.35. The summed E-state index contributed by atoms with van der Waals surface area (Å²) in [4.78, 5) is 4.69. The van der Waals surface area contributed by atoms with E-state index in [1.807, 2.05) is 19.9 Å². The molecular weight excluding hydrogens is 246 g/mol. The van der Waals surface area contributed by atoms with Crippen molar-refractivity contribution in [3.63, 3.8) is 0 Å². The molecule has 0 radical (unpaired) electrons. The Morgan fingerprint density at radius 2 is 1.94 bits per heavy atom. The number of hydrazone groups is 1. The molecule has 0 atom stereocenters. The van der Waals surface area contributed by atoms with Gasteiger partial charge in [-0.1, -0.05) is 23.7 Å². The third kappa shape index (κ3) is 1.59. The molecule has 0 aliphatic carbocycles. The molecule has 1 aliphatic heterocycles. The number of nitrogens with one attached hydrogen (secondary N) is 1. The van der Waals surface area contributed by atoms with Gasteiger partial charge < -0.3 is 0 Å². The zero-order valence-corrected chi connectivity index (χ0v) is 10.9. The van der Waals surface area contributed by atoms with Gasteiger partial charge in [0.1, 0.15) is 0 Å². The van der Waals surface area contributed by atoms with Gasteiger partial charge in [-0.2, -0.15) is 5.10 Å². The van der Waals surface area contributed by atoms with Gasteiger partial charge in [-0.3, -0.25) is 5.43 Å². The van der Waals surface area contributed by atoms with Crippen LogP contribution < -0.4 is 5.43 Å². The van der Waals surface area contributed by atoms with Crippen molar-refractivity contribution in [2.75, 3.05) is 0 Å². The van der Waals surface area contributed by atoms with E-state index in [1.54, 1.807) is 12.4 Å². The van der Waals surface area contributed by atoms with Gasteiger partial charge in [0.25, 0.3) is 0 Å². The largest absolute Gasteiger partial charge is 0.286 e. The first-order chi connectivity index (χ1) is 8.68. The molecule has 18 heavy (non-hydrogen) atoms. The first-order valence-corrected chi connectivity index (χ1v) is 6.11. The number of nitrogens with zero attached hydrogens (tertiary/aromatic N) is 2. The highest BCUT2D eigenvalue weighted by atomic mass is 35.5. The number of halogens is 1. The van der Waals surface area contributed by atoms with Crippen LogP contribution in [0, 0.1) is 13.8 Å². The van der Waals surface area contributed by atoms with E-state index in [2.05, 4.69) is 22.7 Å². The maximum atomic E-state index is 6.52. The van der Waals surface area contributed by atoms with Crippen LogP contribution in [-0.4, -0.2) is 11.2 Å².